The van der Waals surface area contributed by atoms with Gasteiger partial charge in [0.15, 0.2) is 0 Å². The summed E-state index contributed by atoms with van der Waals surface area (Å²) in [6, 6.07) is 3.76. The normalized spacial score (nSPS) is 16.6. The molecule has 0 radical (unpaired) electrons. The first-order chi connectivity index (χ1) is 7.81. The second-order valence-corrected chi connectivity index (χ2v) is 4.42. The third-order valence-electron chi connectivity index (χ3n) is 3.24. The van der Waals surface area contributed by atoms with E-state index in [2.05, 4.69) is 0 Å². The average molecular weight is 221 g/mol. The molecule has 3 heteroatoms. The first-order valence-electron chi connectivity index (χ1n) is 6.13. The van der Waals surface area contributed by atoms with E-state index in [0.29, 0.717) is 12.3 Å². The Balaban J connectivity index is 2.03. The maximum atomic E-state index is 11.7. The minimum absolute atomic E-state index is 0.203. The Hall–Kier alpha value is -1.25. The summed E-state index contributed by atoms with van der Waals surface area (Å²) < 4.78 is 7.07. The van der Waals surface area contributed by atoms with Gasteiger partial charge in [-0.3, -0.25) is 0 Å². The van der Waals surface area contributed by atoms with Crippen LogP contribution < -0.4 is 0 Å². The minimum Gasteiger partial charge on any atom is -0.461 e. The van der Waals surface area contributed by atoms with Gasteiger partial charge in [-0.1, -0.05) is 12.8 Å². The summed E-state index contributed by atoms with van der Waals surface area (Å²) >= 11 is 0. The van der Waals surface area contributed by atoms with Gasteiger partial charge >= 0.3 is 5.97 Å². The van der Waals surface area contributed by atoms with Crippen LogP contribution >= 0.6 is 0 Å². The van der Waals surface area contributed by atoms with E-state index in [0.717, 1.165) is 12.5 Å². The fourth-order valence-corrected chi connectivity index (χ4v) is 2.43. The second-order valence-electron chi connectivity index (χ2n) is 4.42. The molecule has 1 saturated carbocycles. The Morgan fingerprint density at radius 2 is 2.25 bits per heavy atom. The highest BCUT2D eigenvalue weighted by molar-refractivity contribution is 5.87. The molecule has 0 saturated heterocycles. The van der Waals surface area contributed by atoms with Crippen molar-refractivity contribution in [2.45, 2.75) is 39.2 Å². The van der Waals surface area contributed by atoms with Crippen LogP contribution in [0.1, 0.15) is 43.1 Å². The van der Waals surface area contributed by atoms with E-state index in [1.807, 2.05) is 29.8 Å². The summed E-state index contributed by atoms with van der Waals surface area (Å²) in [6.45, 7) is 3.23. The number of esters is 1. The van der Waals surface area contributed by atoms with Gasteiger partial charge in [-0.25, -0.2) is 4.79 Å². The number of aromatic nitrogens is 1. The number of ether oxygens (including phenoxy) is 1. The standard InChI is InChI=1S/C13H19NO2/c1-2-16-13(15)12-8-5-9-14(12)10-11-6-3-4-7-11/h5,8-9,11H,2-4,6-7,10H2,1H3. The quantitative estimate of drug-likeness (QED) is 0.732. The number of carbonyl (C=O) groups is 1. The van der Waals surface area contributed by atoms with Gasteiger partial charge in [-0.05, 0) is 37.8 Å². The summed E-state index contributed by atoms with van der Waals surface area (Å²) in [5.41, 5.74) is 0.689. The Morgan fingerprint density at radius 3 is 2.94 bits per heavy atom. The highest BCUT2D eigenvalue weighted by Gasteiger charge is 2.18. The first-order valence-corrected chi connectivity index (χ1v) is 6.13. The SMILES string of the molecule is CCOC(=O)c1cccn1CC1CCCC1. The van der Waals surface area contributed by atoms with E-state index >= 15 is 0 Å². The number of nitrogens with zero attached hydrogens (tertiary/aromatic N) is 1. The smallest absolute Gasteiger partial charge is 0.354 e. The molecule has 0 N–H and O–H groups in total. The molecule has 1 aromatic heterocycles. The van der Waals surface area contributed by atoms with Crippen LogP contribution in [0.15, 0.2) is 18.3 Å². The summed E-state index contributed by atoms with van der Waals surface area (Å²) in [6.07, 6.45) is 7.23. The molecule has 0 spiro atoms. The van der Waals surface area contributed by atoms with Crippen LogP contribution in [0, 0.1) is 5.92 Å². The minimum atomic E-state index is -0.203. The monoisotopic (exact) mass is 221 g/mol. The van der Waals surface area contributed by atoms with Gasteiger partial charge < -0.3 is 9.30 Å². The molecule has 1 aromatic rings. The van der Waals surface area contributed by atoms with Crippen molar-refractivity contribution in [2.24, 2.45) is 5.92 Å². The molecule has 0 unspecified atom stereocenters. The summed E-state index contributed by atoms with van der Waals surface area (Å²) in [7, 11) is 0. The van der Waals surface area contributed by atoms with Gasteiger partial charge in [0.2, 0.25) is 0 Å². The summed E-state index contributed by atoms with van der Waals surface area (Å²) in [4.78, 5) is 11.7. The van der Waals surface area contributed by atoms with E-state index < -0.39 is 0 Å². The van der Waals surface area contributed by atoms with Gasteiger partial charge in [0.25, 0.3) is 0 Å². The van der Waals surface area contributed by atoms with Gasteiger partial charge in [0.1, 0.15) is 5.69 Å². The molecule has 88 valence electrons. The predicted octanol–water partition coefficient (Wildman–Crippen LogP) is 2.86. The van der Waals surface area contributed by atoms with Crippen molar-refractivity contribution in [2.75, 3.05) is 6.61 Å². The molecule has 2 rings (SSSR count). The zero-order valence-corrected chi connectivity index (χ0v) is 9.82. The average Bonchev–Trinajstić information content (AvgIpc) is 2.90. The third-order valence-corrected chi connectivity index (χ3v) is 3.24. The van der Waals surface area contributed by atoms with Gasteiger partial charge in [0, 0.05) is 12.7 Å². The van der Waals surface area contributed by atoms with Crippen molar-refractivity contribution in [3.8, 4) is 0 Å². The highest BCUT2D eigenvalue weighted by Crippen LogP contribution is 2.26. The lowest BCUT2D eigenvalue weighted by Crippen LogP contribution is -2.15. The maximum Gasteiger partial charge on any atom is 0.354 e. The summed E-state index contributed by atoms with van der Waals surface area (Å²) in [5, 5.41) is 0. The molecule has 1 heterocycles. The van der Waals surface area contributed by atoms with Crippen LogP contribution in [0.3, 0.4) is 0 Å². The van der Waals surface area contributed by atoms with Crippen molar-refractivity contribution in [1.29, 1.82) is 0 Å². The topological polar surface area (TPSA) is 31.2 Å². The Labute approximate surface area is 96.4 Å². The molecule has 0 bridgehead atoms. The molecule has 16 heavy (non-hydrogen) atoms. The molecular weight excluding hydrogens is 202 g/mol. The van der Waals surface area contributed by atoms with Crippen LogP contribution in [0.5, 0.6) is 0 Å². The van der Waals surface area contributed by atoms with Crippen molar-refractivity contribution >= 4 is 5.97 Å². The molecule has 0 atom stereocenters. The van der Waals surface area contributed by atoms with E-state index in [1.54, 1.807) is 0 Å². The molecule has 1 fully saturated rings. The number of hydrogen-bond donors (Lipinski definition) is 0. The van der Waals surface area contributed by atoms with Gasteiger partial charge in [0.05, 0.1) is 6.61 Å². The second kappa shape index (κ2) is 5.19. The highest BCUT2D eigenvalue weighted by atomic mass is 16.5. The van der Waals surface area contributed by atoms with Crippen molar-refractivity contribution in [3.05, 3.63) is 24.0 Å². The number of rotatable bonds is 4. The van der Waals surface area contributed by atoms with Crippen molar-refractivity contribution < 1.29 is 9.53 Å². The molecule has 1 aliphatic rings. The van der Waals surface area contributed by atoms with E-state index in [-0.39, 0.29) is 5.97 Å². The van der Waals surface area contributed by atoms with Crippen molar-refractivity contribution in [3.63, 3.8) is 0 Å². The summed E-state index contributed by atoms with van der Waals surface area (Å²) in [5.74, 6) is 0.533. The first kappa shape index (κ1) is 11.2. The van der Waals surface area contributed by atoms with Crippen LogP contribution in [-0.2, 0) is 11.3 Å². The van der Waals surface area contributed by atoms with Gasteiger partial charge in [-0.2, -0.15) is 0 Å². The van der Waals surface area contributed by atoms with Crippen molar-refractivity contribution in [1.82, 2.24) is 4.57 Å². The van der Waals surface area contributed by atoms with Gasteiger partial charge in [-0.15, -0.1) is 0 Å². The lowest BCUT2D eigenvalue weighted by molar-refractivity contribution is 0.0512. The molecule has 0 aliphatic heterocycles. The number of carbonyl (C=O) groups excluding carboxylic acids is 1. The van der Waals surface area contributed by atoms with Crippen LogP contribution in [-0.4, -0.2) is 17.1 Å². The fourth-order valence-electron chi connectivity index (χ4n) is 2.43. The van der Waals surface area contributed by atoms with E-state index in [1.165, 1.54) is 25.7 Å². The molecular formula is C13H19NO2. The fraction of sp³-hybridized carbons (Fsp3) is 0.615. The predicted molar refractivity (Wildman–Crippen MR) is 62.3 cm³/mol. The molecule has 1 aliphatic carbocycles. The lowest BCUT2D eigenvalue weighted by Gasteiger charge is -2.13. The third kappa shape index (κ3) is 2.46. The molecule has 0 amide bonds. The Kier molecular flexibility index (Phi) is 3.65. The Morgan fingerprint density at radius 1 is 1.50 bits per heavy atom. The maximum absolute atomic E-state index is 11.7. The zero-order valence-electron chi connectivity index (χ0n) is 9.82. The largest absolute Gasteiger partial charge is 0.461 e. The van der Waals surface area contributed by atoms with Crippen LogP contribution in [0.4, 0.5) is 0 Å². The van der Waals surface area contributed by atoms with Crippen LogP contribution in [0.25, 0.3) is 0 Å². The van der Waals surface area contributed by atoms with Crippen LogP contribution in [0.2, 0.25) is 0 Å². The Bertz CT molecular complexity index is 351. The molecule has 0 aromatic carbocycles. The lowest BCUT2D eigenvalue weighted by atomic mass is 10.1. The molecule has 3 nitrogen and oxygen atoms in total. The van der Waals surface area contributed by atoms with E-state index in [9.17, 15) is 4.79 Å². The van der Waals surface area contributed by atoms with E-state index in [4.69, 9.17) is 4.74 Å². The number of hydrogen-bond acceptors (Lipinski definition) is 2. The zero-order chi connectivity index (χ0) is 11.4.